The number of amides is 2. The molecule has 48 heavy (non-hydrogen) atoms. The fraction of sp³-hybridized carbons (Fsp3) is 0.368. The number of carbonyl (C=O) groups is 2. The smallest absolute Gasteiger partial charge is 0.254 e. The number of methoxy groups -OCH3 is 1. The van der Waals surface area contributed by atoms with Gasteiger partial charge < -0.3 is 29.4 Å². The number of piperidine rings is 1. The molecule has 4 heterocycles. The second-order valence-corrected chi connectivity index (χ2v) is 13.7. The van der Waals surface area contributed by atoms with Gasteiger partial charge in [-0.25, -0.2) is 9.97 Å². The van der Waals surface area contributed by atoms with Crippen molar-refractivity contribution in [2.24, 2.45) is 24.6 Å². The van der Waals surface area contributed by atoms with E-state index >= 15 is 0 Å². The molecule has 10 nitrogen and oxygen atoms in total. The summed E-state index contributed by atoms with van der Waals surface area (Å²) in [7, 11) is 5.40. The molecule has 10 heteroatoms. The highest BCUT2D eigenvalue weighted by Crippen LogP contribution is 2.41. The highest BCUT2D eigenvalue weighted by molar-refractivity contribution is 6.02. The number of likely N-dealkylation sites (tertiary alicyclic amines) is 1. The Bertz CT molecular complexity index is 2140. The normalized spacial score (nSPS) is 20.2. The highest BCUT2D eigenvalue weighted by atomic mass is 16.5. The quantitative estimate of drug-likeness (QED) is 0.218. The number of pyridine rings is 1. The van der Waals surface area contributed by atoms with Crippen LogP contribution in [0.3, 0.4) is 0 Å². The number of imidazole rings is 1. The lowest BCUT2D eigenvalue weighted by molar-refractivity contribution is -0.113. The lowest BCUT2D eigenvalue weighted by Gasteiger charge is -2.27. The first-order valence-corrected chi connectivity index (χ1v) is 16.8. The second kappa shape index (κ2) is 11.3. The van der Waals surface area contributed by atoms with E-state index in [1.165, 1.54) is 18.9 Å². The molecule has 5 aromatic rings. The van der Waals surface area contributed by atoms with Gasteiger partial charge in [-0.2, -0.15) is 0 Å². The number of rotatable bonds is 8. The predicted octanol–water partition coefficient (Wildman–Crippen LogP) is 5.69. The van der Waals surface area contributed by atoms with Gasteiger partial charge in [-0.1, -0.05) is 18.7 Å². The lowest BCUT2D eigenvalue weighted by atomic mass is 10.0. The fourth-order valence-electron chi connectivity index (χ4n) is 7.99. The third kappa shape index (κ3) is 4.72. The summed E-state index contributed by atoms with van der Waals surface area (Å²) in [5.74, 6) is 2.20. The van der Waals surface area contributed by atoms with Crippen molar-refractivity contribution < 1.29 is 14.3 Å². The summed E-state index contributed by atoms with van der Waals surface area (Å²) in [4.78, 5) is 40.1. The van der Waals surface area contributed by atoms with Gasteiger partial charge in [0.15, 0.2) is 5.82 Å². The van der Waals surface area contributed by atoms with Gasteiger partial charge >= 0.3 is 0 Å². The molecule has 246 valence electrons. The number of nitrogens with two attached hydrogens (primary N) is 1. The van der Waals surface area contributed by atoms with E-state index in [0.717, 1.165) is 70.0 Å². The van der Waals surface area contributed by atoms with Crippen LogP contribution >= 0.6 is 0 Å². The molecule has 3 aliphatic rings. The monoisotopic (exact) mass is 643 g/mol. The SMILES string of the molecule is C=CC(=O)N(C)c1cccc(-c2ccc3cc(-c4nc5cc(C(=O)N6CC7CCC6[C@@H]7N)cc(OC)c5n4C)n(CC4CC4)c3n2)c1C. The molecule has 2 N–H and O–H groups in total. The largest absolute Gasteiger partial charge is 0.494 e. The third-order valence-corrected chi connectivity index (χ3v) is 10.9. The van der Waals surface area contributed by atoms with Crippen molar-refractivity contribution >= 4 is 39.6 Å². The first-order valence-electron chi connectivity index (χ1n) is 16.8. The summed E-state index contributed by atoms with van der Waals surface area (Å²) in [6, 6.07) is 16.2. The van der Waals surface area contributed by atoms with E-state index in [0.29, 0.717) is 35.2 Å². The van der Waals surface area contributed by atoms with Crippen LogP contribution in [-0.2, 0) is 18.4 Å². The summed E-state index contributed by atoms with van der Waals surface area (Å²) in [6.07, 6.45) is 5.75. The molecule has 2 amide bonds. The number of aryl methyl sites for hydroxylation is 1. The van der Waals surface area contributed by atoms with Crippen LogP contribution in [0.15, 0.2) is 61.2 Å². The van der Waals surface area contributed by atoms with Crippen LogP contribution in [0.5, 0.6) is 5.75 Å². The number of likely N-dealkylation sites (N-methyl/N-ethyl adjacent to an activating group) is 1. The Balaban J connectivity index is 1.23. The van der Waals surface area contributed by atoms with Crippen LogP contribution in [-0.4, -0.2) is 68.6 Å². The summed E-state index contributed by atoms with van der Waals surface area (Å²) >= 11 is 0. The number of carbonyl (C=O) groups excluding carboxylic acids is 2. The molecule has 2 aromatic carbocycles. The van der Waals surface area contributed by atoms with Crippen LogP contribution in [0.25, 0.3) is 44.8 Å². The Morgan fingerprint density at radius 2 is 1.92 bits per heavy atom. The average Bonchev–Trinajstić information content (AvgIpc) is 3.50. The summed E-state index contributed by atoms with van der Waals surface area (Å²) < 4.78 is 10.2. The number of ether oxygens (including phenoxy) is 1. The molecule has 3 aromatic heterocycles. The van der Waals surface area contributed by atoms with Crippen molar-refractivity contribution in [1.29, 1.82) is 0 Å². The van der Waals surface area contributed by atoms with Gasteiger partial charge in [-0.05, 0) is 92.5 Å². The minimum Gasteiger partial charge on any atom is -0.494 e. The minimum absolute atomic E-state index is 0.0101. The van der Waals surface area contributed by atoms with E-state index in [1.54, 1.807) is 19.1 Å². The van der Waals surface area contributed by atoms with Gasteiger partial charge in [0, 0.05) is 61.5 Å². The molecule has 1 saturated heterocycles. The van der Waals surface area contributed by atoms with E-state index in [9.17, 15) is 9.59 Å². The molecule has 2 unspecified atom stereocenters. The van der Waals surface area contributed by atoms with Crippen LogP contribution in [0.1, 0.15) is 41.6 Å². The molecule has 3 fully saturated rings. The molecule has 2 saturated carbocycles. The van der Waals surface area contributed by atoms with Crippen LogP contribution < -0.4 is 15.4 Å². The van der Waals surface area contributed by atoms with Crippen LogP contribution in [0.2, 0.25) is 0 Å². The van der Waals surface area contributed by atoms with Gasteiger partial charge in [0.1, 0.15) is 16.9 Å². The van der Waals surface area contributed by atoms with E-state index < -0.39 is 0 Å². The summed E-state index contributed by atoms with van der Waals surface area (Å²) in [5, 5.41) is 1.03. The van der Waals surface area contributed by atoms with Crippen molar-refractivity contribution in [3.63, 3.8) is 0 Å². The zero-order valence-corrected chi connectivity index (χ0v) is 27.9. The van der Waals surface area contributed by atoms with Gasteiger partial charge in [0.25, 0.3) is 5.91 Å². The minimum atomic E-state index is -0.163. The molecule has 8 rings (SSSR count). The molecule has 2 bridgehead atoms. The zero-order valence-electron chi connectivity index (χ0n) is 27.9. The first-order chi connectivity index (χ1) is 23.2. The molecule has 2 aliphatic carbocycles. The number of aromatic nitrogens is 4. The highest BCUT2D eigenvalue weighted by Gasteiger charge is 2.47. The van der Waals surface area contributed by atoms with E-state index in [1.807, 2.05) is 55.3 Å². The van der Waals surface area contributed by atoms with Crippen molar-refractivity contribution in [2.75, 3.05) is 25.6 Å². The Kier molecular flexibility index (Phi) is 7.17. The number of anilines is 1. The number of hydrogen-bond acceptors (Lipinski definition) is 6. The Hall–Kier alpha value is -4.96. The maximum absolute atomic E-state index is 13.8. The average molecular weight is 644 g/mol. The summed E-state index contributed by atoms with van der Waals surface area (Å²) in [6.45, 7) is 7.21. The summed E-state index contributed by atoms with van der Waals surface area (Å²) in [5.41, 5.74) is 14.0. The standard InChI is InChI=1S/C38H41N7O3/c1-6-33(46)42(3)29-9-7-8-26(21(29)2)27-14-12-23-17-31(44(36(23)40-27)19-22-10-11-22)37-41-28-16-25(18-32(48-5)35(28)43(37)4)38(47)45-20-24-13-15-30(45)34(24)39/h6-9,12,14,16-18,22,24,30,34H,1,10-11,13,15,19-20,39H2,2-5H3/t24?,30?,34-/m1/s1. The van der Waals surface area contributed by atoms with Crippen molar-refractivity contribution in [2.45, 2.75) is 51.2 Å². The van der Waals surface area contributed by atoms with Crippen LogP contribution in [0, 0.1) is 18.8 Å². The molecular weight excluding hydrogens is 602 g/mol. The molecule has 0 radical (unpaired) electrons. The molecular formula is C38H41N7O3. The number of fused-ring (bicyclic) bond motifs is 4. The van der Waals surface area contributed by atoms with E-state index in [4.69, 9.17) is 20.4 Å². The topological polar surface area (TPSA) is 112 Å². The fourth-order valence-corrected chi connectivity index (χ4v) is 7.99. The van der Waals surface area contributed by atoms with Crippen molar-refractivity contribution in [1.82, 2.24) is 24.0 Å². The van der Waals surface area contributed by atoms with E-state index in [2.05, 4.69) is 27.8 Å². The van der Waals surface area contributed by atoms with Crippen LogP contribution in [0.4, 0.5) is 5.69 Å². The third-order valence-electron chi connectivity index (χ3n) is 10.9. The van der Waals surface area contributed by atoms with Gasteiger partial charge in [0.2, 0.25) is 5.91 Å². The van der Waals surface area contributed by atoms with Crippen molar-refractivity contribution in [3.8, 4) is 28.5 Å². The maximum atomic E-state index is 13.8. The molecule has 0 spiro atoms. The van der Waals surface area contributed by atoms with E-state index in [-0.39, 0.29) is 23.9 Å². The number of nitrogens with zero attached hydrogens (tertiary/aromatic N) is 6. The number of benzene rings is 2. The zero-order chi connectivity index (χ0) is 33.4. The Morgan fingerprint density at radius 1 is 1.10 bits per heavy atom. The van der Waals surface area contributed by atoms with Gasteiger partial charge in [-0.3, -0.25) is 9.59 Å². The first kappa shape index (κ1) is 30.4. The van der Waals surface area contributed by atoms with Gasteiger partial charge in [0.05, 0.1) is 24.0 Å². The predicted molar refractivity (Wildman–Crippen MR) is 188 cm³/mol. The maximum Gasteiger partial charge on any atom is 0.254 e. The number of hydrogen-bond donors (Lipinski definition) is 1. The molecule has 3 atom stereocenters. The second-order valence-electron chi connectivity index (χ2n) is 13.7. The molecule has 1 aliphatic heterocycles. The Morgan fingerprint density at radius 3 is 2.60 bits per heavy atom. The Labute approximate surface area is 279 Å². The van der Waals surface area contributed by atoms with Crippen molar-refractivity contribution in [3.05, 3.63) is 72.3 Å². The lowest BCUT2D eigenvalue weighted by Crippen LogP contribution is -2.41. The van der Waals surface area contributed by atoms with Gasteiger partial charge in [-0.15, -0.1) is 0 Å².